The van der Waals surface area contributed by atoms with Gasteiger partial charge in [-0.1, -0.05) is 39.5 Å². The topological polar surface area (TPSA) is 55.1 Å². The van der Waals surface area contributed by atoms with Gasteiger partial charge in [-0.2, -0.15) is 0 Å². The second-order valence-electron chi connectivity index (χ2n) is 5.85. The van der Waals surface area contributed by atoms with Gasteiger partial charge in [-0.15, -0.1) is 0 Å². The first kappa shape index (κ1) is 15.5. The van der Waals surface area contributed by atoms with Crippen molar-refractivity contribution in [2.24, 2.45) is 17.6 Å². The van der Waals surface area contributed by atoms with E-state index in [4.69, 9.17) is 5.73 Å². The summed E-state index contributed by atoms with van der Waals surface area (Å²) in [5.41, 5.74) is 6.09. The summed E-state index contributed by atoms with van der Waals surface area (Å²) in [5, 5.41) is 3.16. The number of nitrogens with one attached hydrogen (secondary N) is 1. The van der Waals surface area contributed by atoms with Crippen molar-refractivity contribution in [1.82, 2.24) is 5.32 Å². The molecule has 1 aliphatic rings. The molecule has 106 valence electrons. The molecule has 1 amide bonds. The average Bonchev–Trinajstić information content (AvgIpc) is 2.33. The number of nitrogens with two attached hydrogens (primary N) is 1. The van der Waals surface area contributed by atoms with Crippen LogP contribution in [0.3, 0.4) is 0 Å². The van der Waals surface area contributed by atoms with Gasteiger partial charge in [0.15, 0.2) is 0 Å². The van der Waals surface area contributed by atoms with E-state index in [-0.39, 0.29) is 18.0 Å². The van der Waals surface area contributed by atoms with Crippen LogP contribution in [0.5, 0.6) is 0 Å². The molecular formula is C15H30N2O. The number of rotatable bonds is 6. The van der Waals surface area contributed by atoms with Crippen molar-refractivity contribution in [1.29, 1.82) is 0 Å². The van der Waals surface area contributed by atoms with Crippen LogP contribution >= 0.6 is 0 Å². The summed E-state index contributed by atoms with van der Waals surface area (Å²) >= 11 is 0. The molecule has 3 heteroatoms. The summed E-state index contributed by atoms with van der Waals surface area (Å²) in [6.45, 7) is 6.50. The molecule has 0 spiro atoms. The van der Waals surface area contributed by atoms with Crippen molar-refractivity contribution in [3.63, 3.8) is 0 Å². The van der Waals surface area contributed by atoms with Gasteiger partial charge in [-0.25, -0.2) is 0 Å². The summed E-state index contributed by atoms with van der Waals surface area (Å²) in [6.07, 6.45) is 7.53. The lowest BCUT2D eigenvalue weighted by molar-refractivity contribution is -0.123. The summed E-state index contributed by atoms with van der Waals surface area (Å²) < 4.78 is 0. The third kappa shape index (κ3) is 4.60. The number of hydrogen-bond donors (Lipinski definition) is 2. The molecule has 18 heavy (non-hydrogen) atoms. The molecular weight excluding hydrogens is 224 g/mol. The van der Waals surface area contributed by atoms with E-state index < -0.39 is 0 Å². The van der Waals surface area contributed by atoms with Gasteiger partial charge in [-0.05, 0) is 31.6 Å². The van der Waals surface area contributed by atoms with Gasteiger partial charge < -0.3 is 11.1 Å². The third-order valence-electron chi connectivity index (χ3n) is 4.56. The largest absolute Gasteiger partial charge is 0.353 e. The molecule has 1 saturated carbocycles. The fourth-order valence-corrected chi connectivity index (χ4v) is 3.15. The molecule has 3 nitrogen and oxygen atoms in total. The molecule has 3 N–H and O–H groups in total. The Kier molecular flexibility index (Phi) is 6.69. The zero-order valence-corrected chi connectivity index (χ0v) is 12.2. The minimum atomic E-state index is 0.191. The first-order valence-electron chi connectivity index (χ1n) is 7.63. The number of carbonyl (C=O) groups excluding carboxylic acids is 1. The van der Waals surface area contributed by atoms with Crippen LogP contribution in [-0.4, -0.2) is 18.0 Å². The van der Waals surface area contributed by atoms with E-state index in [9.17, 15) is 4.79 Å². The average molecular weight is 254 g/mol. The van der Waals surface area contributed by atoms with Crippen LogP contribution in [0, 0.1) is 11.8 Å². The standard InChI is InChI=1S/C15H30N2O/c1-4-12(5-2)11(3)17-15(18)10-13-8-6-7-9-14(13)16/h11-14H,4-10,16H2,1-3H3,(H,17,18). The molecule has 0 aromatic carbocycles. The maximum atomic E-state index is 12.0. The molecule has 1 rings (SSSR count). The lowest BCUT2D eigenvalue weighted by Crippen LogP contribution is -2.41. The Labute approximate surface area is 112 Å². The van der Waals surface area contributed by atoms with E-state index >= 15 is 0 Å². The Bertz CT molecular complexity index is 251. The molecule has 0 heterocycles. The van der Waals surface area contributed by atoms with Gasteiger partial charge in [0.05, 0.1) is 0 Å². The summed E-state index contributed by atoms with van der Waals surface area (Å²) in [4.78, 5) is 12.0. The minimum Gasteiger partial charge on any atom is -0.353 e. The maximum absolute atomic E-state index is 12.0. The molecule has 0 aliphatic heterocycles. The zero-order chi connectivity index (χ0) is 13.5. The molecule has 0 aromatic rings. The van der Waals surface area contributed by atoms with E-state index in [1.54, 1.807) is 0 Å². The van der Waals surface area contributed by atoms with Crippen molar-refractivity contribution >= 4 is 5.91 Å². The van der Waals surface area contributed by atoms with Gasteiger partial charge in [0.2, 0.25) is 5.91 Å². The normalized spacial score (nSPS) is 26.1. The lowest BCUT2D eigenvalue weighted by Gasteiger charge is -2.29. The SMILES string of the molecule is CCC(CC)C(C)NC(=O)CC1CCCCC1N. The van der Waals surface area contributed by atoms with Crippen molar-refractivity contribution in [2.75, 3.05) is 0 Å². The second-order valence-corrected chi connectivity index (χ2v) is 5.85. The van der Waals surface area contributed by atoms with Crippen LogP contribution in [0.2, 0.25) is 0 Å². The molecule has 3 unspecified atom stereocenters. The van der Waals surface area contributed by atoms with E-state index in [1.807, 2.05) is 0 Å². The quantitative estimate of drug-likeness (QED) is 0.766. The first-order chi connectivity index (χ1) is 8.58. The van der Waals surface area contributed by atoms with Crippen LogP contribution in [0.4, 0.5) is 0 Å². The lowest BCUT2D eigenvalue weighted by atomic mass is 9.82. The van der Waals surface area contributed by atoms with Gasteiger partial charge in [-0.3, -0.25) is 4.79 Å². The summed E-state index contributed by atoms with van der Waals surface area (Å²) in [6, 6.07) is 0.514. The second kappa shape index (κ2) is 7.78. The Morgan fingerprint density at radius 3 is 2.44 bits per heavy atom. The van der Waals surface area contributed by atoms with Gasteiger partial charge >= 0.3 is 0 Å². The van der Waals surface area contributed by atoms with E-state index in [0.717, 1.165) is 25.7 Å². The predicted octanol–water partition coefficient (Wildman–Crippen LogP) is 2.83. The maximum Gasteiger partial charge on any atom is 0.220 e. The molecule has 0 saturated heterocycles. The van der Waals surface area contributed by atoms with Crippen LogP contribution in [0.15, 0.2) is 0 Å². The number of carbonyl (C=O) groups is 1. The van der Waals surface area contributed by atoms with Crippen molar-refractivity contribution < 1.29 is 4.79 Å². The molecule has 1 fully saturated rings. The predicted molar refractivity (Wildman–Crippen MR) is 76.2 cm³/mol. The van der Waals surface area contributed by atoms with Crippen molar-refractivity contribution in [3.05, 3.63) is 0 Å². The van der Waals surface area contributed by atoms with E-state index in [2.05, 4.69) is 26.1 Å². The van der Waals surface area contributed by atoms with Gasteiger partial charge in [0.25, 0.3) is 0 Å². The molecule has 0 radical (unpaired) electrons. The highest BCUT2D eigenvalue weighted by Crippen LogP contribution is 2.25. The Hall–Kier alpha value is -0.570. The minimum absolute atomic E-state index is 0.191. The molecule has 1 aliphatic carbocycles. The molecule has 3 atom stereocenters. The van der Waals surface area contributed by atoms with Crippen molar-refractivity contribution in [2.45, 2.75) is 77.8 Å². The highest BCUT2D eigenvalue weighted by Gasteiger charge is 2.25. The Morgan fingerprint density at radius 1 is 1.28 bits per heavy atom. The van der Waals surface area contributed by atoms with Gasteiger partial charge in [0.1, 0.15) is 0 Å². The first-order valence-corrected chi connectivity index (χ1v) is 7.63. The zero-order valence-electron chi connectivity index (χ0n) is 12.2. The Morgan fingerprint density at radius 2 is 1.89 bits per heavy atom. The summed E-state index contributed by atoms with van der Waals surface area (Å²) in [5.74, 6) is 1.18. The van der Waals surface area contributed by atoms with Crippen LogP contribution in [0.1, 0.15) is 65.7 Å². The molecule has 0 bridgehead atoms. The van der Waals surface area contributed by atoms with E-state index in [0.29, 0.717) is 18.3 Å². The summed E-state index contributed by atoms with van der Waals surface area (Å²) in [7, 11) is 0. The number of hydrogen-bond acceptors (Lipinski definition) is 2. The fourth-order valence-electron chi connectivity index (χ4n) is 3.15. The molecule has 0 aromatic heterocycles. The monoisotopic (exact) mass is 254 g/mol. The number of amides is 1. The van der Waals surface area contributed by atoms with E-state index in [1.165, 1.54) is 12.8 Å². The van der Waals surface area contributed by atoms with Crippen LogP contribution in [-0.2, 0) is 4.79 Å². The van der Waals surface area contributed by atoms with Crippen LogP contribution in [0.25, 0.3) is 0 Å². The highest BCUT2D eigenvalue weighted by atomic mass is 16.1. The Balaban J connectivity index is 2.36. The van der Waals surface area contributed by atoms with Crippen LogP contribution < -0.4 is 11.1 Å². The van der Waals surface area contributed by atoms with Crippen molar-refractivity contribution in [3.8, 4) is 0 Å². The van der Waals surface area contributed by atoms with Gasteiger partial charge in [0, 0.05) is 18.5 Å². The third-order valence-corrected chi connectivity index (χ3v) is 4.56. The smallest absolute Gasteiger partial charge is 0.220 e. The highest BCUT2D eigenvalue weighted by molar-refractivity contribution is 5.76. The fraction of sp³-hybridized carbons (Fsp3) is 0.933.